The number of hydrogen-bond acceptors (Lipinski definition) is 3. The number of hydrogen-bond donors (Lipinski definition) is 2. The summed E-state index contributed by atoms with van der Waals surface area (Å²) < 4.78 is 1.97. The highest BCUT2D eigenvalue weighted by atomic mass is 16.2. The molecule has 1 saturated carbocycles. The number of amides is 3. The number of likely N-dealkylation sites (tertiary alicyclic amines) is 1. The fourth-order valence-corrected chi connectivity index (χ4v) is 3.24. The van der Waals surface area contributed by atoms with Crippen molar-refractivity contribution in [3.8, 4) is 0 Å². The maximum atomic E-state index is 12.4. The third-order valence-corrected chi connectivity index (χ3v) is 4.88. The molecular weight excluding hydrogens is 306 g/mol. The summed E-state index contributed by atoms with van der Waals surface area (Å²) >= 11 is 0. The van der Waals surface area contributed by atoms with Gasteiger partial charge in [0.25, 0.3) is 0 Å². The Bertz CT molecular complexity index is 596. The van der Waals surface area contributed by atoms with Gasteiger partial charge in [0.1, 0.15) is 5.82 Å². The Balaban J connectivity index is 1.68. The third-order valence-electron chi connectivity index (χ3n) is 4.88. The first-order valence-electron chi connectivity index (χ1n) is 8.90. The Kier molecular flexibility index (Phi) is 5.06. The molecule has 1 aromatic rings. The fraction of sp³-hybridized carbons (Fsp3) is 0.706. The second kappa shape index (κ2) is 7.23. The normalized spacial score (nSPS) is 23.3. The minimum absolute atomic E-state index is 0.0321. The number of imidazole rings is 1. The molecule has 2 atom stereocenters. The molecule has 1 aliphatic heterocycles. The van der Waals surface area contributed by atoms with Crippen LogP contribution in [0.2, 0.25) is 0 Å². The van der Waals surface area contributed by atoms with Crippen LogP contribution in [0.5, 0.6) is 0 Å². The Morgan fingerprint density at radius 3 is 2.75 bits per heavy atom. The summed E-state index contributed by atoms with van der Waals surface area (Å²) in [6.45, 7) is 3.91. The van der Waals surface area contributed by atoms with Crippen molar-refractivity contribution in [3.63, 3.8) is 0 Å². The molecule has 2 aliphatic rings. The number of nitrogens with zero attached hydrogens (tertiary/aromatic N) is 3. The first kappa shape index (κ1) is 16.8. The Hall–Kier alpha value is -2.05. The molecule has 1 aromatic heterocycles. The van der Waals surface area contributed by atoms with Crippen LogP contribution in [0.25, 0.3) is 0 Å². The summed E-state index contributed by atoms with van der Waals surface area (Å²) in [5, 5.41) is 6.11. The summed E-state index contributed by atoms with van der Waals surface area (Å²) in [6.07, 6.45) is 7.65. The lowest BCUT2D eigenvalue weighted by atomic mass is 10.0. The van der Waals surface area contributed by atoms with E-state index in [0.29, 0.717) is 19.6 Å². The van der Waals surface area contributed by atoms with Gasteiger partial charge >= 0.3 is 6.03 Å². The van der Waals surface area contributed by atoms with Gasteiger partial charge in [-0.3, -0.25) is 4.79 Å². The summed E-state index contributed by atoms with van der Waals surface area (Å²) in [5.74, 6) is 1.23. The highest BCUT2D eigenvalue weighted by Crippen LogP contribution is 2.31. The van der Waals surface area contributed by atoms with Gasteiger partial charge in [0.15, 0.2) is 0 Å². The van der Waals surface area contributed by atoms with E-state index in [1.54, 1.807) is 11.1 Å². The van der Waals surface area contributed by atoms with E-state index >= 15 is 0 Å². The number of aryl methyl sites for hydroxylation is 1. The highest BCUT2D eigenvalue weighted by molar-refractivity contribution is 5.81. The standard InChI is InChI=1S/C17H27N5O2/c1-3-4-7-19-17(24)22-10-13(15-18-8-9-21(15)2)14(11-22)20-16(23)12-5-6-12/h8-9,12-14H,3-7,10-11H2,1-2H3,(H,19,24)(H,20,23)/t13-,14-/m1/s1. The van der Waals surface area contributed by atoms with E-state index in [2.05, 4.69) is 22.5 Å². The maximum Gasteiger partial charge on any atom is 0.317 e. The number of aromatic nitrogens is 2. The van der Waals surface area contributed by atoms with Crippen molar-refractivity contribution in [1.29, 1.82) is 0 Å². The van der Waals surface area contributed by atoms with Crippen LogP contribution in [-0.4, -0.2) is 52.1 Å². The molecule has 132 valence electrons. The van der Waals surface area contributed by atoms with Crippen LogP contribution in [-0.2, 0) is 11.8 Å². The van der Waals surface area contributed by atoms with Crippen LogP contribution < -0.4 is 10.6 Å². The van der Waals surface area contributed by atoms with Crippen LogP contribution in [0.4, 0.5) is 4.79 Å². The lowest BCUT2D eigenvalue weighted by Crippen LogP contribution is -2.43. The molecule has 0 spiro atoms. The smallest absolute Gasteiger partial charge is 0.317 e. The molecule has 0 unspecified atom stereocenters. The average molecular weight is 333 g/mol. The van der Waals surface area contributed by atoms with Crippen LogP contribution in [0, 0.1) is 5.92 Å². The van der Waals surface area contributed by atoms with E-state index in [1.807, 2.05) is 17.8 Å². The van der Waals surface area contributed by atoms with Gasteiger partial charge in [-0.05, 0) is 19.3 Å². The van der Waals surface area contributed by atoms with E-state index in [-0.39, 0.29) is 29.8 Å². The van der Waals surface area contributed by atoms with Crippen LogP contribution >= 0.6 is 0 Å². The molecule has 2 N–H and O–H groups in total. The quantitative estimate of drug-likeness (QED) is 0.768. The van der Waals surface area contributed by atoms with Crippen LogP contribution in [0.1, 0.15) is 44.3 Å². The SMILES string of the molecule is CCCCNC(=O)N1C[C@@H](NC(=O)C2CC2)[C@H](c2nccn2C)C1. The summed E-state index contributed by atoms with van der Waals surface area (Å²) in [6, 6.07) is -0.123. The summed E-state index contributed by atoms with van der Waals surface area (Å²) in [7, 11) is 1.95. The molecule has 2 heterocycles. The van der Waals surface area contributed by atoms with Gasteiger partial charge in [-0.15, -0.1) is 0 Å². The van der Waals surface area contributed by atoms with Crippen molar-refractivity contribution in [2.24, 2.45) is 13.0 Å². The predicted molar refractivity (Wildman–Crippen MR) is 90.5 cm³/mol. The molecule has 7 heteroatoms. The molecular formula is C17H27N5O2. The van der Waals surface area contributed by atoms with Gasteiger partial charge in [-0.25, -0.2) is 9.78 Å². The molecule has 0 radical (unpaired) electrons. The number of unbranched alkanes of at least 4 members (excludes halogenated alkanes) is 1. The van der Waals surface area contributed by atoms with Gasteiger partial charge in [0.05, 0.1) is 12.0 Å². The minimum atomic E-state index is -0.0730. The first-order chi connectivity index (χ1) is 11.6. The number of carbonyl (C=O) groups is 2. The van der Waals surface area contributed by atoms with Crippen molar-refractivity contribution in [3.05, 3.63) is 18.2 Å². The topological polar surface area (TPSA) is 79.3 Å². The van der Waals surface area contributed by atoms with Crippen molar-refractivity contribution in [2.75, 3.05) is 19.6 Å². The maximum absolute atomic E-state index is 12.4. The van der Waals surface area contributed by atoms with E-state index in [4.69, 9.17) is 0 Å². The zero-order valence-corrected chi connectivity index (χ0v) is 14.5. The Morgan fingerprint density at radius 1 is 1.33 bits per heavy atom. The van der Waals surface area contributed by atoms with Crippen molar-refractivity contribution >= 4 is 11.9 Å². The van der Waals surface area contributed by atoms with E-state index in [9.17, 15) is 9.59 Å². The van der Waals surface area contributed by atoms with Crippen molar-refractivity contribution < 1.29 is 9.59 Å². The molecule has 1 saturated heterocycles. The molecule has 1 aliphatic carbocycles. The van der Waals surface area contributed by atoms with Gasteiger partial charge in [0, 0.05) is 45.0 Å². The monoisotopic (exact) mass is 333 g/mol. The Labute approximate surface area is 142 Å². The fourth-order valence-electron chi connectivity index (χ4n) is 3.24. The van der Waals surface area contributed by atoms with Crippen LogP contribution in [0.3, 0.4) is 0 Å². The van der Waals surface area contributed by atoms with Gasteiger partial charge in [0.2, 0.25) is 5.91 Å². The van der Waals surface area contributed by atoms with Crippen molar-refractivity contribution in [1.82, 2.24) is 25.1 Å². The van der Waals surface area contributed by atoms with Crippen molar-refractivity contribution in [2.45, 2.75) is 44.6 Å². The summed E-state index contributed by atoms with van der Waals surface area (Å²) in [4.78, 5) is 30.8. The zero-order valence-electron chi connectivity index (χ0n) is 14.5. The molecule has 7 nitrogen and oxygen atoms in total. The zero-order chi connectivity index (χ0) is 17.1. The van der Waals surface area contributed by atoms with E-state index in [1.165, 1.54) is 0 Å². The van der Waals surface area contributed by atoms with Gasteiger partial charge in [-0.2, -0.15) is 0 Å². The van der Waals surface area contributed by atoms with E-state index < -0.39 is 0 Å². The van der Waals surface area contributed by atoms with E-state index in [0.717, 1.165) is 31.5 Å². The predicted octanol–water partition coefficient (Wildman–Crippen LogP) is 1.22. The second-order valence-electron chi connectivity index (χ2n) is 6.88. The number of urea groups is 1. The molecule has 0 aromatic carbocycles. The van der Waals surface area contributed by atoms with Gasteiger partial charge < -0.3 is 20.1 Å². The lowest BCUT2D eigenvalue weighted by Gasteiger charge is -2.19. The largest absolute Gasteiger partial charge is 0.351 e. The highest BCUT2D eigenvalue weighted by Gasteiger charge is 2.41. The summed E-state index contributed by atoms with van der Waals surface area (Å²) in [5.41, 5.74) is 0. The molecule has 0 bridgehead atoms. The first-order valence-corrected chi connectivity index (χ1v) is 8.90. The third kappa shape index (κ3) is 3.71. The average Bonchev–Trinajstić information content (AvgIpc) is 3.21. The Morgan fingerprint density at radius 2 is 2.12 bits per heavy atom. The lowest BCUT2D eigenvalue weighted by molar-refractivity contribution is -0.123. The van der Waals surface area contributed by atoms with Gasteiger partial charge in [-0.1, -0.05) is 13.3 Å². The number of carbonyl (C=O) groups excluding carboxylic acids is 2. The molecule has 2 fully saturated rings. The number of rotatable bonds is 6. The minimum Gasteiger partial charge on any atom is -0.351 e. The molecule has 3 amide bonds. The molecule has 3 rings (SSSR count). The van der Waals surface area contributed by atoms with Crippen LogP contribution in [0.15, 0.2) is 12.4 Å². The number of nitrogens with one attached hydrogen (secondary N) is 2. The molecule has 24 heavy (non-hydrogen) atoms. The second-order valence-corrected chi connectivity index (χ2v) is 6.88.